The highest BCUT2D eigenvalue weighted by Gasteiger charge is 2.17. The number of aromatic nitrogens is 1. The molecule has 0 radical (unpaired) electrons. The molecule has 0 atom stereocenters. The van der Waals surface area contributed by atoms with Gasteiger partial charge in [-0.1, -0.05) is 42.0 Å². The number of hydrogen-bond donors (Lipinski definition) is 0. The minimum Gasteiger partial charge on any atom is -0.484 e. The average molecular weight is 332 g/mol. The van der Waals surface area contributed by atoms with E-state index in [0.717, 1.165) is 16.9 Å². The van der Waals surface area contributed by atoms with Crippen molar-refractivity contribution in [2.24, 2.45) is 0 Å². The van der Waals surface area contributed by atoms with Gasteiger partial charge in [0.2, 0.25) is 0 Å². The molecule has 3 aromatic rings. The molecule has 0 N–H and O–H groups in total. The monoisotopic (exact) mass is 332 g/mol. The number of anilines is 1. The molecule has 0 fully saturated rings. The number of carbonyl (C=O) groups excluding carboxylic acids is 1. The van der Waals surface area contributed by atoms with Crippen LogP contribution < -0.4 is 9.64 Å². The summed E-state index contributed by atoms with van der Waals surface area (Å²) in [5, 5.41) is 0. The first-order valence-corrected chi connectivity index (χ1v) is 8.17. The minimum atomic E-state index is -0.113. The summed E-state index contributed by atoms with van der Waals surface area (Å²) >= 11 is 0. The van der Waals surface area contributed by atoms with Crippen LogP contribution in [0.5, 0.6) is 5.75 Å². The molecule has 0 saturated heterocycles. The van der Waals surface area contributed by atoms with Gasteiger partial charge in [0.1, 0.15) is 5.75 Å². The van der Waals surface area contributed by atoms with Crippen molar-refractivity contribution in [2.45, 2.75) is 13.5 Å². The fourth-order valence-corrected chi connectivity index (χ4v) is 2.44. The van der Waals surface area contributed by atoms with Crippen LogP contribution in [0.2, 0.25) is 0 Å². The predicted molar refractivity (Wildman–Crippen MR) is 98.5 cm³/mol. The lowest BCUT2D eigenvalue weighted by atomic mass is 10.2. The van der Waals surface area contributed by atoms with E-state index in [4.69, 9.17) is 4.74 Å². The van der Waals surface area contributed by atoms with Crippen molar-refractivity contribution in [1.29, 1.82) is 0 Å². The fraction of sp³-hybridized carbons (Fsp3) is 0.143. The first kappa shape index (κ1) is 16.7. The lowest BCUT2D eigenvalue weighted by molar-refractivity contribution is -0.120. The third-order valence-electron chi connectivity index (χ3n) is 3.80. The van der Waals surface area contributed by atoms with Gasteiger partial charge in [-0.3, -0.25) is 9.78 Å². The molecular formula is C21H20N2O2. The number of hydrogen-bond acceptors (Lipinski definition) is 3. The lowest BCUT2D eigenvalue weighted by Gasteiger charge is -2.22. The maximum atomic E-state index is 12.8. The van der Waals surface area contributed by atoms with E-state index in [-0.39, 0.29) is 12.5 Å². The number of pyridine rings is 1. The largest absolute Gasteiger partial charge is 0.484 e. The van der Waals surface area contributed by atoms with E-state index < -0.39 is 0 Å². The van der Waals surface area contributed by atoms with E-state index >= 15 is 0 Å². The Balaban J connectivity index is 1.74. The molecule has 3 rings (SSSR count). The number of amides is 1. The van der Waals surface area contributed by atoms with E-state index in [1.165, 1.54) is 0 Å². The standard InChI is InChI=1S/C21H20N2O2/c1-17-10-12-20(13-11-17)25-16-21(24)23(19-8-3-2-4-9-19)15-18-7-5-6-14-22-18/h2-14H,15-16H2,1H3. The Bertz CT molecular complexity index is 802. The second kappa shape index (κ2) is 8.11. The summed E-state index contributed by atoms with van der Waals surface area (Å²) in [6.07, 6.45) is 1.73. The zero-order valence-corrected chi connectivity index (χ0v) is 14.1. The van der Waals surface area contributed by atoms with Gasteiger partial charge in [-0.2, -0.15) is 0 Å². The van der Waals surface area contributed by atoms with Crippen molar-refractivity contribution in [1.82, 2.24) is 4.98 Å². The molecule has 1 aromatic heterocycles. The van der Waals surface area contributed by atoms with Crippen molar-refractivity contribution in [3.05, 3.63) is 90.3 Å². The van der Waals surface area contributed by atoms with Crippen LogP contribution in [-0.2, 0) is 11.3 Å². The Hall–Kier alpha value is -3.14. The molecule has 126 valence electrons. The van der Waals surface area contributed by atoms with Crippen LogP contribution in [0.15, 0.2) is 79.0 Å². The number of carbonyl (C=O) groups is 1. The highest BCUT2D eigenvalue weighted by molar-refractivity contribution is 5.94. The van der Waals surface area contributed by atoms with Crippen molar-refractivity contribution in [2.75, 3.05) is 11.5 Å². The summed E-state index contributed by atoms with van der Waals surface area (Å²) in [7, 11) is 0. The predicted octanol–water partition coefficient (Wildman–Crippen LogP) is 4.00. The van der Waals surface area contributed by atoms with E-state index in [2.05, 4.69) is 4.98 Å². The van der Waals surface area contributed by atoms with E-state index in [0.29, 0.717) is 12.3 Å². The lowest BCUT2D eigenvalue weighted by Crippen LogP contribution is -2.34. The number of benzene rings is 2. The molecule has 0 saturated carbocycles. The molecule has 25 heavy (non-hydrogen) atoms. The van der Waals surface area contributed by atoms with Crippen molar-refractivity contribution < 1.29 is 9.53 Å². The summed E-state index contributed by atoms with van der Waals surface area (Å²) in [5.74, 6) is 0.572. The van der Waals surface area contributed by atoms with E-state index in [9.17, 15) is 4.79 Å². The molecule has 1 amide bonds. The Morgan fingerprint density at radius 3 is 2.36 bits per heavy atom. The highest BCUT2D eigenvalue weighted by atomic mass is 16.5. The number of ether oxygens (including phenoxy) is 1. The third-order valence-corrected chi connectivity index (χ3v) is 3.80. The Morgan fingerprint density at radius 1 is 0.960 bits per heavy atom. The van der Waals surface area contributed by atoms with Crippen LogP contribution in [0.4, 0.5) is 5.69 Å². The first-order valence-electron chi connectivity index (χ1n) is 8.17. The minimum absolute atomic E-state index is 0.0230. The van der Waals surface area contributed by atoms with Gasteiger partial charge in [0.25, 0.3) is 5.91 Å². The molecule has 0 bridgehead atoms. The Kier molecular flexibility index (Phi) is 5.42. The maximum absolute atomic E-state index is 12.8. The van der Waals surface area contributed by atoms with Gasteiger partial charge in [0, 0.05) is 11.9 Å². The second-order valence-electron chi connectivity index (χ2n) is 5.74. The zero-order valence-electron chi connectivity index (χ0n) is 14.1. The molecular weight excluding hydrogens is 312 g/mol. The molecule has 0 aliphatic carbocycles. The molecule has 0 aliphatic rings. The average Bonchev–Trinajstić information content (AvgIpc) is 2.67. The number of rotatable bonds is 6. The van der Waals surface area contributed by atoms with Gasteiger partial charge < -0.3 is 9.64 Å². The van der Waals surface area contributed by atoms with Crippen LogP contribution in [0, 0.1) is 6.92 Å². The second-order valence-corrected chi connectivity index (χ2v) is 5.74. The van der Waals surface area contributed by atoms with Gasteiger partial charge >= 0.3 is 0 Å². The van der Waals surface area contributed by atoms with Gasteiger partial charge in [0.15, 0.2) is 6.61 Å². The van der Waals surface area contributed by atoms with Gasteiger partial charge in [0.05, 0.1) is 12.2 Å². The quantitative estimate of drug-likeness (QED) is 0.685. The summed E-state index contributed by atoms with van der Waals surface area (Å²) in [4.78, 5) is 18.8. The molecule has 1 heterocycles. The summed E-state index contributed by atoms with van der Waals surface area (Å²) in [6.45, 7) is 2.39. The zero-order chi connectivity index (χ0) is 17.5. The normalized spacial score (nSPS) is 10.3. The molecule has 0 spiro atoms. The van der Waals surface area contributed by atoms with E-state index in [1.807, 2.05) is 79.7 Å². The van der Waals surface area contributed by atoms with Crippen LogP contribution in [0.25, 0.3) is 0 Å². The summed E-state index contributed by atoms with van der Waals surface area (Å²) < 4.78 is 5.65. The highest BCUT2D eigenvalue weighted by Crippen LogP contribution is 2.17. The van der Waals surface area contributed by atoms with Crippen LogP contribution in [-0.4, -0.2) is 17.5 Å². The van der Waals surface area contributed by atoms with Crippen molar-refractivity contribution in [3.63, 3.8) is 0 Å². The topological polar surface area (TPSA) is 42.4 Å². The number of para-hydroxylation sites is 1. The maximum Gasteiger partial charge on any atom is 0.265 e. The van der Waals surface area contributed by atoms with E-state index in [1.54, 1.807) is 11.1 Å². The van der Waals surface area contributed by atoms with Crippen LogP contribution >= 0.6 is 0 Å². The van der Waals surface area contributed by atoms with Gasteiger partial charge in [-0.25, -0.2) is 0 Å². The smallest absolute Gasteiger partial charge is 0.265 e. The van der Waals surface area contributed by atoms with Gasteiger partial charge in [-0.05, 0) is 43.3 Å². The van der Waals surface area contributed by atoms with Crippen molar-refractivity contribution in [3.8, 4) is 5.75 Å². The Morgan fingerprint density at radius 2 is 1.68 bits per heavy atom. The SMILES string of the molecule is Cc1ccc(OCC(=O)N(Cc2ccccn2)c2ccccc2)cc1. The Labute approximate surface area is 147 Å². The third kappa shape index (κ3) is 4.67. The molecule has 0 unspecified atom stereocenters. The van der Waals surface area contributed by atoms with Crippen LogP contribution in [0.3, 0.4) is 0 Å². The summed E-state index contributed by atoms with van der Waals surface area (Å²) in [5.41, 5.74) is 2.81. The summed E-state index contributed by atoms with van der Waals surface area (Å²) in [6, 6.07) is 22.9. The molecule has 2 aromatic carbocycles. The van der Waals surface area contributed by atoms with Crippen molar-refractivity contribution >= 4 is 11.6 Å². The molecule has 0 aliphatic heterocycles. The van der Waals surface area contributed by atoms with Gasteiger partial charge in [-0.15, -0.1) is 0 Å². The number of nitrogens with zero attached hydrogens (tertiary/aromatic N) is 2. The molecule has 4 nitrogen and oxygen atoms in total. The van der Waals surface area contributed by atoms with Crippen LogP contribution in [0.1, 0.15) is 11.3 Å². The fourth-order valence-electron chi connectivity index (χ4n) is 2.44. The first-order chi connectivity index (χ1) is 12.2. The molecule has 4 heteroatoms. The number of aryl methyl sites for hydroxylation is 1.